The van der Waals surface area contributed by atoms with Crippen molar-refractivity contribution >= 4 is 19.7 Å². The molecule has 6 nitrogen and oxygen atoms in total. The molecule has 0 aliphatic rings. The Balaban J connectivity index is 1.85. The van der Waals surface area contributed by atoms with Crippen LogP contribution in [0.4, 0.5) is 4.39 Å². The van der Waals surface area contributed by atoms with E-state index in [1.54, 1.807) is 12.1 Å². The highest BCUT2D eigenvalue weighted by Crippen LogP contribution is 2.37. The van der Waals surface area contributed by atoms with E-state index in [4.69, 9.17) is 4.74 Å². The van der Waals surface area contributed by atoms with E-state index in [0.29, 0.717) is 6.61 Å². The first-order valence-electron chi connectivity index (χ1n) is 10.3. The van der Waals surface area contributed by atoms with Crippen LogP contribution in [0.25, 0.3) is 0 Å². The average Bonchev–Trinajstić information content (AvgIpc) is 2.83. The van der Waals surface area contributed by atoms with E-state index >= 15 is 4.39 Å². The van der Waals surface area contributed by atoms with Gasteiger partial charge in [0.15, 0.2) is 0 Å². The molecular formula is C24H26FNO5S2. The van der Waals surface area contributed by atoms with Crippen LogP contribution < -0.4 is 0 Å². The van der Waals surface area contributed by atoms with Crippen molar-refractivity contribution in [2.24, 2.45) is 0 Å². The van der Waals surface area contributed by atoms with Gasteiger partial charge in [0.25, 0.3) is 0 Å². The third-order valence-electron chi connectivity index (χ3n) is 5.10. The summed E-state index contributed by atoms with van der Waals surface area (Å²) in [5, 5.41) is 0. The van der Waals surface area contributed by atoms with Gasteiger partial charge in [-0.2, -0.15) is 0 Å². The predicted molar refractivity (Wildman–Crippen MR) is 125 cm³/mol. The van der Waals surface area contributed by atoms with E-state index in [0.717, 1.165) is 5.56 Å². The lowest BCUT2D eigenvalue weighted by Gasteiger charge is -2.29. The summed E-state index contributed by atoms with van der Waals surface area (Å²) in [4.78, 5) is 0.507. The first-order valence-corrected chi connectivity index (χ1v) is 13.2. The second-order valence-electron chi connectivity index (χ2n) is 7.57. The number of sulfone groups is 2. The normalized spacial score (nSPS) is 12.7. The molecule has 3 aromatic carbocycles. The molecule has 0 radical (unpaired) electrons. The van der Waals surface area contributed by atoms with Gasteiger partial charge < -0.3 is 4.74 Å². The third-order valence-corrected chi connectivity index (χ3v) is 10.1. The van der Waals surface area contributed by atoms with Crippen LogP contribution in [0.5, 0.6) is 0 Å². The van der Waals surface area contributed by atoms with Crippen LogP contribution in [0.1, 0.15) is 5.56 Å². The zero-order chi connectivity index (χ0) is 24.0. The Bertz CT molecular complexity index is 1170. The summed E-state index contributed by atoms with van der Waals surface area (Å²) in [5.41, 5.74) is 0.957. The Morgan fingerprint density at radius 1 is 0.758 bits per heavy atom. The molecule has 0 heterocycles. The number of likely N-dealkylation sites (N-methyl/N-ethyl adjacent to an activating group) is 1. The van der Waals surface area contributed by atoms with Gasteiger partial charge in [-0.3, -0.25) is 4.90 Å². The Hall–Kier alpha value is -2.59. The molecule has 0 amide bonds. The summed E-state index contributed by atoms with van der Waals surface area (Å²) in [6.45, 7) is -0.248. The summed E-state index contributed by atoms with van der Waals surface area (Å²) in [7, 11) is -8.36. The second-order valence-corrected chi connectivity index (χ2v) is 12.1. The molecule has 0 unspecified atom stereocenters. The molecule has 0 aromatic heterocycles. The molecule has 33 heavy (non-hydrogen) atoms. The smallest absolute Gasteiger partial charge is 0.330 e. The van der Waals surface area contributed by atoms with Gasteiger partial charge in [-0.25, -0.2) is 21.2 Å². The Labute approximate surface area is 194 Å². The van der Waals surface area contributed by atoms with E-state index < -0.39 is 40.3 Å². The molecule has 0 aliphatic carbocycles. The molecule has 3 aromatic rings. The number of benzene rings is 3. The van der Waals surface area contributed by atoms with Crippen molar-refractivity contribution in [2.75, 3.05) is 26.7 Å². The molecule has 0 aliphatic heterocycles. The van der Waals surface area contributed by atoms with Crippen LogP contribution in [-0.2, 0) is 31.0 Å². The van der Waals surface area contributed by atoms with E-state index in [1.165, 1.54) is 60.5 Å². The molecule has 0 fully saturated rings. The van der Waals surface area contributed by atoms with Crippen molar-refractivity contribution in [3.8, 4) is 0 Å². The molecule has 0 bridgehead atoms. The van der Waals surface area contributed by atoms with E-state index in [1.807, 2.05) is 30.3 Å². The lowest BCUT2D eigenvalue weighted by atomic mass is 10.2. The molecule has 0 spiro atoms. The molecule has 3 rings (SSSR count). The minimum Gasteiger partial charge on any atom is -0.375 e. The Kier molecular flexibility index (Phi) is 8.01. The summed E-state index contributed by atoms with van der Waals surface area (Å²) >= 11 is 0. The number of halogens is 1. The van der Waals surface area contributed by atoms with Crippen LogP contribution >= 0.6 is 0 Å². The number of ether oxygens (including phenoxy) is 1. The molecule has 0 N–H and O–H groups in total. The van der Waals surface area contributed by atoms with Crippen LogP contribution in [0, 0.1) is 0 Å². The minimum absolute atomic E-state index is 0.132. The van der Waals surface area contributed by atoms with Crippen molar-refractivity contribution in [1.29, 1.82) is 0 Å². The fraction of sp³-hybridized carbons (Fsp3) is 0.250. The number of alkyl halides is 1. The monoisotopic (exact) mass is 491 g/mol. The Morgan fingerprint density at radius 2 is 1.18 bits per heavy atom. The topological polar surface area (TPSA) is 80.8 Å². The maximum absolute atomic E-state index is 16.5. The number of hydrogen-bond donors (Lipinski definition) is 0. The van der Waals surface area contributed by atoms with Crippen molar-refractivity contribution < 1.29 is 26.0 Å². The maximum Gasteiger partial charge on any atom is 0.330 e. The SMILES string of the molecule is CN(CCOCc1ccccc1)CC(F)(S(=O)(=O)c1ccccc1)S(=O)(=O)c1ccccc1. The highest BCUT2D eigenvalue weighted by Gasteiger charge is 2.57. The molecule has 176 valence electrons. The zero-order valence-electron chi connectivity index (χ0n) is 18.2. The van der Waals surface area contributed by atoms with Gasteiger partial charge in [0.2, 0.25) is 19.7 Å². The van der Waals surface area contributed by atoms with Crippen LogP contribution in [0.3, 0.4) is 0 Å². The average molecular weight is 492 g/mol. The third kappa shape index (κ3) is 5.50. The molecule has 0 saturated carbocycles. The quantitative estimate of drug-likeness (QED) is 0.381. The highest BCUT2D eigenvalue weighted by molar-refractivity contribution is 8.10. The van der Waals surface area contributed by atoms with Crippen LogP contribution in [0.2, 0.25) is 0 Å². The number of nitrogens with zero attached hydrogens (tertiary/aromatic N) is 1. The first kappa shape index (κ1) is 25.0. The van der Waals surface area contributed by atoms with E-state index in [9.17, 15) is 16.8 Å². The van der Waals surface area contributed by atoms with Gasteiger partial charge in [-0.05, 0) is 36.9 Å². The summed E-state index contributed by atoms with van der Waals surface area (Å²) in [6, 6.07) is 23.0. The van der Waals surface area contributed by atoms with Gasteiger partial charge in [0.1, 0.15) is 0 Å². The summed E-state index contributed by atoms with van der Waals surface area (Å²) in [6.07, 6.45) is 0. The van der Waals surface area contributed by atoms with Gasteiger partial charge in [0.05, 0.1) is 29.5 Å². The summed E-state index contributed by atoms with van der Waals surface area (Å²) in [5.74, 6) is 0. The zero-order valence-corrected chi connectivity index (χ0v) is 19.8. The second kappa shape index (κ2) is 10.6. The van der Waals surface area contributed by atoms with Crippen LogP contribution in [0.15, 0.2) is 101 Å². The van der Waals surface area contributed by atoms with Crippen molar-refractivity contribution in [2.45, 2.75) is 20.7 Å². The molecule has 9 heteroatoms. The lowest BCUT2D eigenvalue weighted by Crippen LogP contribution is -2.50. The van der Waals surface area contributed by atoms with Gasteiger partial charge in [-0.1, -0.05) is 66.7 Å². The van der Waals surface area contributed by atoms with Crippen molar-refractivity contribution in [3.63, 3.8) is 0 Å². The highest BCUT2D eigenvalue weighted by atomic mass is 32.3. The standard InChI is InChI=1S/C24H26FNO5S2/c1-26(17-18-31-19-21-11-5-2-6-12-21)20-24(25,32(27,28)22-13-7-3-8-14-22)33(29,30)23-15-9-4-10-16-23/h2-16H,17-20H2,1H3. The van der Waals surface area contributed by atoms with Gasteiger partial charge in [-0.15, -0.1) is 0 Å². The predicted octanol–water partition coefficient (Wildman–Crippen LogP) is 3.71. The van der Waals surface area contributed by atoms with E-state index in [-0.39, 0.29) is 13.2 Å². The summed E-state index contributed by atoms with van der Waals surface area (Å²) < 4.78 is 71.7. The Morgan fingerprint density at radius 3 is 1.64 bits per heavy atom. The van der Waals surface area contributed by atoms with Crippen molar-refractivity contribution in [3.05, 3.63) is 96.6 Å². The molecule has 0 saturated heterocycles. The maximum atomic E-state index is 16.5. The largest absolute Gasteiger partial charge is 0.375 e. The fourth-order valence-electron chi connectivity index (χ4n) is 3.25. The van der Waals surface area contributed by atoms with Crippen molar-refractivity contribution in [1.82, 2.24) is 4.90 Å². The number of hydrogen-bond acceptors (Lipinski definition) is 6. The fourth-order valence-corrected chi connectivity index (χ4v) is 7.50. The van der Waals surface area contributed by atoms with Gasteiger partial charge in [0, 0.05) is 6.54 Å². The lowest BCUT2D eigenvalue weighted by molar-refractivity contribution is 0.0941. The van der Waals surface area contributed by atoms with E-state index in [2.05, 4.69) is 0 Å². The minimum atomic E-state index is -4.91. The molecule has 0 atom stereocenters. The van der Waals surface area contributed by atoms with Crippen LogP contribution in [-0.4, -0.2) is 52.8 Å². The molecular weight excluding hydrogens is 465 g/mol. The first-order chi connectivity index (χ1) is 15.7. The number of rotatable bonds is 11. The van der Waals surface area contributed by atoms with Gasteiger partial charge >= 0.3 is 4.33 Å².